The molecule has 6 heteroatoms. The molecule has 3 heterocycles. The van der Waals surface area contributed by atoms with Crippen molar-refractivity contribution < 1.29 is 14.3 Å². The molecule has 1 saturated heterocycles. The second-order valence-corrected chi connectivity index (χ2v) is 7.62. The Morgan fingerprint density at radius 1 is 1.38 bits per heavy atom. The van der Waals surface area contributed by atoms with Crippen LogP contribution in [0.15, 0.2) is 24.4 Å². The average molecular weight is 344 g/mol. The van der Waals surface area contributed by atoms with Crippen molar-refractivity contribution in [1.29, 1.82) is 0 Å². The van der Waals surface area contributed by atoms with Gasteiger partial charge in [-0.25, -0.2) is 4.98 Å². The minimum atomic E-state index is 0.173. The van der Waals surface area contributed by atoms with Gasteiger partial charge in [0.2, 0.25) is 12.7 Å². The van der Waals surface area contributed by atoms with Crippen LogP contribution in [0, 0.1) is 6.92 Å². The lowest BCUT2D eigenvalue weighted by Crippen LogP contribution is -2.39. The number of thiazole rings is 1. The second kappa shape index (κ2) is 6.43. The number of amides is 1. The van der Waals surface area contributed by atoms with E-state index < -0.39 is 0 Å². The third-order valence-corrected chi connectivity index (χ3v) is 5.63. The number of ether oxygens (including phenoxy) is 2. The Labute approximate surface area is 145 Å². The van der Waals surface area contributed by atoms with Crippen molar-refractivity contribution in [2.24, 2.45) is 0 Å². The monoisotopic (exact) mass is 344 g/mol. The maximum Gasteiger partial charge on any atom is 0.231 e. The van der Waals surface area contributed by atoms with Crippen LogP contribution < -0.4 is 9.47 Å². The number of carbonyl (C=O) groups is 1. The quantitative estimate of drug-likeness (QED) is 0.858. The lowest BCUT2D eigenvalue weighted by molar-refractivity contribution is -0.131. The van der Waals surface area contributed by atoms with Crippen molar-refractivity contribution in [1.82, 2.24) is 9.88 Å². The number of likely N-dealkylation sites (tertiary alicyclic amines) is 1. The average Bonchev–Trinajstić information content (AvgIpc) is 3.23. The van der Waals surface area contributed by atoms with E-state index in [1.807, 2.05) is 29.3 Å². The highest BCUT2D eigenvalue weighted by Crippen LogP contribution is 2.33. The maximum absolute atomic E-state index is 12.7. The summed E-state index contributed by atoms with van der Waals surface area (Å²) >= 11 is 1.75. The Morgan fingerprint density at radius 2 is 2.25 bits per heavy atom. The largest absolute Gasteiger partial charge is 0.454 e. The van der Waals surface area contributed by atoms with Crippen molar-refractivity contribution in [3.8, 4) is 11.5 Å². The molecule has 0 spiro atoms. The van der Waals surface area contributed by atoms with Crippen LogP contribution in [0.3, 0.4) is 0 Å². The minimum absolute atomic E-state index is 0.173. The minimum Gasteiger partial charge on any atom is -0.454 e. The first-order valence-electron chi connectivity index (χ1n) is 8.27. The molecule has 1 amide bonds. The zero-order chi connectivity index (χ0) is 16.5. The van der Waals surface area contributed by atoms with Crippen LogP contribution in [0.1, 0.15) is 34.2 Å². The van der Waals surface area contributed by atoms with Gasteiger partial charge in [-0.2, -0.15) is 0 Å². The van der Waals surface area contributed by atoms with Gasteiger partial charge in [-0.15, -0.1) is 11.3 Å². The van der Waals surface area contributed by atoms with Gasteiger partial charge in [-0.1, -0.05) is 6.07 Å². The summed E-state index contributed by atoms with van der Waals surface area (Å²) in [6.07, 6.45) is 4.48. The summed E-state index contributed by atoms with van der Waals surface area (Å²) in [6.45, 7) is 3.95. The topological polar surface area (TPSA) is 51.7 Å². The van der Waals surface area contributed by atoms with Gasteiger partial charge in [0.05, 0.1) is 11.4 Å². The van der Waals surface area contributed by atoms with E-state index in [4.69, 9.17) is 9.47 Å². The molecular weight excluding hydrogens is 324 g/mol. The first kappa shape index (κ1) is 15.4. The highest BCUT2D eigenvalue weighted by atomic mass is 32.1. The van der Waals surface area contributed by atoms with Gasteiger partial charge in [0, 0.05) is 30.1 Å². The van der Waals surface area contributed by atoms with E-state index in [2.05, 4.69) is 11.9 Å². The van der Waals surface area contributed by atoms with Crippen molar-refractivity contribution in [3.63, 3.8) is 0 Å². The number of piperidine rings is 1. The van der Waals surface area contributed by atoms with Crippen molar-refractivity contribution >= 4 is 17.2 Å². The van der Waals surface area contributed by atoms with E-state index in [0.717, 1.165) is 48.0 Å². The number of fused-ring (bicyclic) bond motifs is 1. The van der Waals surface area contributed by atoms with Gasteiger partial charge in [0.15, 0.2) is 11.5 Å². The van der Waals surface area contributed by atoms with Gasteiger partial charge in [0.25, 0.3) is 0 Å². The summed E-state index contributed by atoms with van der Waals surface area (Å²) in [6, 6.07) is 5.73. The van der Waals surface area contributed by atoms with Crippen molar-refractivity contribution in [3.05, 3.63) is 39.8 Å². The van der Waals surface area contributed by atoms with Crippen LogP contribution in [0.5, 0.6) is 11.5 Å². The van der Waals surface area contributed by atoms with E-state index in [9.17, 15) is 4.79 Å². The van der Waals surface area contributed by atoms with Gasteiger partial charge in [-0.3, -0.25) is 4.79 Å². The van der Waals surface area contributed by atoms with Crippen LogP contribution in [-0.2, 0) is 11.2 Å². The Kier molecular flexibility index (Phi) is 4.14. The lowest BCUT2D eigenvalue weighted by atomic mass is 9.98. The smallest absolute Gasteiger partial charge is 0.231 e. The summed E-state index contributed by atoms with van der Waals surface area (Å²) < 4.78 is 10.7. The normalized spacial score (nSPS) is 19.5. The standard InChI is InChI=1S/C18H20N2O3S/c1-12-9-19-18(24-12)14-3-2-6-20(10-14)17(21)8-13-4-5-15-16(7-13)23-11-22-15/h4-5,7,9,14H,2-3,6,8,10-11H2,1H3/t14-/m1/s1. The maximum atomic E-state index is 12.7. The molecule has 2 aliphatic heterocycles. The Morgan fingerprint density at radius 3 is 3.08 bits per heavy atom. The summed E-state index contributed by atoms with van der Waals surface area (Å²) in [5.74, 6) is 2.03. The SMILES string of the molecule is Cc1cnc([C@@H]2CCCN(C(=O)Cc3ccc4c(c3)OCO4)C2)s1. The molecule has 2 aromatic rings. The van der Waals surface area contributed by atoms with E-state index in [1.54, 1.807) is 11.3 Å². The Balaban J connectivity index is 1.42. The number of hydrogen-bond acceptors (Lipinski definition) is 5. The zero-order valence-corrected chi connectivity index (χ0v) is 14.5. The molecular formula is C18H20N2O3S. The van der Waals surface area contributed by atoms with Crippen LogP contribution in [0.4, 0.5) is 0 Å². The predicted octanol–water partition coefficient (Wildman–Crippen LogP) is 3.13. The molecule has 0 saturated carbocycles. The predicted molar refractivity (Wildman–Crippen MR) is 91.7 cm³/mol. The summed E-state index contributed by atoms with van der Waals surface area (Å²) in [4.78, 5) is 20.4. The first-order valence-corrected chi connectivity index (χ1v) is 9.09. The molecule has 0 radical (unpaired) electrons. The molecule has 4 rings (SSSR count). The fourth-order valence-electron chi connectivity index (χ4n) is 3.30. The molecule has 0 aliphatic carbocycles. The second-order valence-electron chi connectivity index (χ2n) is 6.35. The number of benzene rings is 1. The van der Waals surface area contributed by atoms with Gasteiger partial charge < -0.3 is 14.4 Å². The Bertz CT molecular complexity index is 758. The molecule has 1 aromatic carbocycles. The van der Waals surface area contributed by atoms with E-state index in [0.29, 0.717) is 12.3 Å². The third kappa shape index (κ3) is 3.11. The molecule has 1 aromatic heterocycles. The van der Waals surface area contributed by atoms with E-state index in [-0.39, 0.29) is 12.7 Å². The van der Waals surface area contributed by atoms with Crippen LogP contribution in [0.25, 0.3) is 0 Å². The summed E-state index contributed by atoms with van der Waals surface area (Å²) in [5.41, 5.74) is 0.969. The molecule has 1 atom stereocenters. The number of aryl methyl sites for hydroxylation is 1. The number of rotatable bonds is 3. The van der Waals surface area contributed by atoms with Gasteiger partial charge in [-0.05, 0) is 37.5 Å². The Hall–Kier alpha value is -2.08. The van der Waals surface area contributed by atoms with Gasteiger partial charge in [0.1, 0.15) is 0 Å². The molecule has 24 heavy (non-hydrogen) atoms. The highest BCUT2D eigenvalue weighted by Gasteiger charge is 2.26. The van der Waals surface area contributed by atoms with Crippen molar-refractivity contribution in [2.75, 3.05) is 19.9 Å². The molecule has 0 unspecified atom stereocenters. The molecule has 0 N–H and O–H groups in total. The van der Waals surface area contributed by atoms with Crippen LogP contribution in [-0.4, -0.2) is 35.7 Å². The molecule has 126 valence electrons. The molecule has 0 bridgehead atoms. The van der Waals surface area contributed by atoms with E-state index in [1.165, 1.54) is 4.88 Å². The third-order valence-electron chi connectivity index (χ3n) is 4.55. The fraction of sp³-hybridized carbons (Fsp3) is 0.444. The summed E-state index contributed by atoms with van der Waals surface area (Å²) in [7, 11) is 0. The molecule has 1 fully saturated rings. The van der Waals surface area contributed by atoms with Crippen LogP contribution >= 0.6 is 11.3 Å². The van der Waals surface area contributed by atoms with E-state index >= 15 is 0 Å². The fourth-order valence-corrected chi connectivity index (χ4v) is 4.20. The first-order chi connectivity index (χ1) is 11.7. The number of aromatic nitrogens is 1. The van der Waals surface area contributed by atoms with Crippen LogP contribution in [0.2, 0.25) is 0 Å². The van der Waals surface area contributed by atoms with Crippen molar-refractivity contribution in [2.45, 2.75) is 32.1 Å². The summed E-state index contributed by atoms with van der Waals surface area (Å²) in [5, 5.41) is 1.16. The number of nitrogens with zero attached hydrogens (tertiary/aromatic N) is 2. The number of hydrogen-bond donors (Lipinski definition) is 0. The molecule has 5 nitrogen and oxygen atoms in total. The molecule has 2 aliphatic rings. The highest BCUT2D eigenvalue weighted by molar-refractivity contribution is 7.11. The lowest BCUT2D eigenvalue weighted by Gasteiger charge is -2.32. The van der Waals surface area contributed by atoms with Gasteiger partial charge >= 0.3 is 0 Å². The number of carbonyl (C=O) groups excluding carboxylic acids is 1. The zero-order valence-electron chi connectivity index (χ0n) is 13.7.